The van der Waals surface area contributed by atoms with Gasteiger partial charge < -0.3 is 4.90 Å². The molecular weight excluding hydrogens is 256 g/mol. The van der Waals surface area contributed by atoms with Crippen LogP contribution in [0.5, 0.6) is 0 Å². The molecule has 1 heterocycles. The highest BCUT2D eigenvalue weighted by atomic mass is 15.3. The highest BCUT2D eigenvalue weighted by Gasteiger charge is 2.15. The second-order valence-electron chi connectivity index (χ2n) is 7.19. The number of hydrogen-bond acceptors (Lipinski definition) is 2. The normalized spacial score (nSPS) is 17.2. The molecule has 0 radical (unpaired) electrons. The summed E-state index contributed by atoms with van der Waals surface area (Å²) in [5.74, 6) is 7.94. The minimum atomic E-state index is 0.502. The lowest BCUT2D eigenvalue weighted by atomic mass is 10.0. The number of hydrogen-bond donors (Lipinski definition) is 0. The van der Waals surface area contributed by atoms with Crippen LogP contribution in [0.15, 0.2) is 0 Å². The molecule has 0 aromatic heterocycles. The molecule has 2 nitrogen and oxygen atoms in total. The maximum atomic E-state index is 3.30. The topological polar surface area (TPSA) is 6.48 Å². The average molecular weight is 293 g/mol. The molecule has 21 heavy (non-hydrogen) atoms. The fourth-order valence-corrected chi connectivity index (χ4v) is 2.77. The first-order valence-corrected chi connectivity index (χ1v) is 9.01. The molecule has 1 saturated heterocycles. The van der Waals surface area contributed by atoms with Gasteiger partial charge in [-0.25, -0.2) is 0 Å². The Morgan fingerprint density at radius 1 is 0.810 bits per heavy atom. The maximum absolute atomic E-state index is 3.30. The van der Waals surface area contributed by atoms with Crippen LogP contribution in [0.1, 0.15) is 59.8 Å². The van der Waals surface area contributed by atoms with E-state index in [2.05, 4.69) is 49.3 Å². The molecule has 1 aliphatic rings. The minimum absolute atomic E-state index is 0.502. The minimum Gasteiger partial charge on any atom is -0.301 e. The Morgan fingerprint density at radius 2 is 1.43 bits per heavy atom. The zero-order valence-electron chi connectivity index (χ0n) is 14.8. The number of rotatable bonds is 8. The van der Waals surface area contributed by atoms with Crippen LogP contribution >= 0.6 is 0 Å². The Morgan fingerprint density at radius 3 is 2.05 bits per heavy atom. The van der Waals surface area contributed by atoms with Crippen LogP contribution in [0.25, 0.3) is 0 Å². The first kappa shape index (κ1) is 18.5. The van der Waals surface area contributed by atoms with Crippen molar-refractivity contribution in [3.8, 4) is 11.8 Å². The van der Waals surface area contributed by atoms with Gasteiger partial charge in [0.25, 0.3) is 0 Å². The molecule has 0 aliphatic carbocycles. The van der Waals surface area contributed by atoms with Crippen LogP contribution in [0.4, 0.5) is 0 Å². The lowest BCUT2D eigenvalue weighted by Crippen LogP contribution is -2.46. The molecule has 0 unspecified atom stereocenters. The Bertz CT molecular complexity index is 303. The van der Waals surface area contributed by atoms with Gasteiger partial charge in [0, 0.05) is 32.1 Å². The van der Waals surface area contributed by atoms with Crippen LogP contribution in [0.2, 0.25) is 0 Å². The lowest BCUT2D eigenvalue weighted by molar-refractivity contribution is 0.142. The van der Waals surface area contributed by atoms with E-state index in [0.29, 0.717) is 5.92 Å². The molecule has 0 atom stereocenters. The van der Waals surface area contributed by atoms with Crippen molar-refractivity contribution in [2.24, 2.45) is 11.8 Å². The average Bonchev–Trinajstić information content (AvgIpc) is 2.43. The van der Waals surface area contributed by atoms with Gasteiger partial charge in [0.15, 0.2) is 0 Å². The largest absolute Gasteiger partial charge is 0.301 e. The molecule has 0 spiro atoms. The van der Waals surface area contributed by atoms with E-state index >= 15 is 0 Å². The third kappa shape index (κ3) is 9.93. The summed E-state index contributed by atoms with van der Waals surface area (Å²) in [6.45, 7) is 16.1. The van der Waals surface area contributed by atoms with E-state index in [1.54, 1.807) is 0 Å². The van der Waals surface area contributed by atoms with Crippen LogP contribution in [-0.4, -0.2) is 49.1 Å². The van der Waals surface area contributed by atoms with Crippen molar-refractivity contribution in [1.29, 1.82) is 0 Å². The maximum Gasteiger partial charge on any atom is 0.0602 e. The monoisotopic (exact) mass is 292 g/mol. The molecule has 0 N–H and O–H groups in total. The van der Waals surface area contributed by atoms with Crippen LogP contribution in [-0.2, 0) is 0 Å². The van der Waals surface area contributed by atoms with Crippen molar-refractivity contribution in [3.63, 3.8) is 0 Å². The van der Waals surface area contributed by atoms with E-state index in [1.165, 1.54) is 64.8 Å². The van der Waals surface area contributed by atoms with Gasteiger partial charge in [-0.15, -0.1) is 0 Å². The number of piperazine rings is 1. The van der Waals surface area contributed by atoms with Gasteiger partial charge in [-0.3, -0.25) is 4.90 Å². The highest BCUT2D eigenvalue weighted by Crippen LogP contribution is 2.10. The SMILES string of the molecule is CC(C)C#CCN1CCN(CCCCCCC(C)C)CC1. The van der Waals surface area contributed by atoms with Gasteiger partial charge in [-0.1, -0.05) is 65.2 Å². The fraction of sp³-hybridized carbons (Fsp3) is 0.895. The summed E-state index contributed by atoms with van der Waals surface area (Å²) in [7, 11) is 0. The van der Waals surface area contributed by atoms with E-state index in [-0.39, 0.29) is 0 Å². The molecule has 0 aromatic rings. The zero-order chi connectivity index (χ0) is 15.5. The summed E-state index contributed by atoms with van der Waals surface area (Å²) in [5, 5.41) is 0. The molecule has 0 bridgehead atoms. The van der Waals surface area contributed by atoms with E-state index in [0.717, 1.165) is 12.5 Å². The predicted octanol–water partition coefficient (Wildman–Crippen LogP) is 3.87. The summed E-state index contributed by atoms with van der Waals surface area (Å²) in [6.07, 6.45) is 7.02. The smallest absolute Gasteiger partial charge is 0.0602 e. The van der Waals surface area contributed by atoms with Gasteiger partial charge in [0.05, 0.1) is 6.54 Å². The van der Waals surface area contributed by atoms with Crippen molar-refractivity contribution < 1.29 is 0 Å². The molecule has 122 valence electrons. The van der Waals surface area contributed by atoms with Gasteiger partial charge in [-0.05, 0) is 18.9 Å². The summed E-state index contributed by atoms with van der Waals surface area (Å²) in [4.78, 5) is 5.13. The molecule has 0 amide bonds. The molecule has 1 rings (SSSR count). The Balaban J connectivity index is 2.00. The summed E-state index contributed by atoms with van der Waals surface area (Å²) in [5.41, 5.74) is 0. The Labute approximate surface area is 133 Å². The standard InChI is InChI=1S/C19H36N2/c1-18(2)10-7-5-6-8-12-20-14-16-21(17-15-20)13-9-11-19(3)4/h18-19H,5-8,10,12-17H2,1-4H3. The first-order chi connectivity index (χ1) is 10.1. The highest BCUT2D eigenvalue weighted by molar-refractivity contribution is 5.03. The molecule has 1 aliphatic heterocycles. The second-order valence-corrected chi connectivity index (χ2v) is 7.19. The third-order valence-corrected chi connectivity index (χ3v) is 4.16. The summed E-state index contributed by atoms with van der Waals surface area (Å²) < 4.78 is 0. The summed E-state index contributed by atoms with van der Waals surface area (Å²) in [6, 6.07) is 0. The summed E-state index contributed by atoms with van der Waals surface area (Å²) >= 11 is 0. The second kappa shape index (κ2) is 11.1. The molecule has 0 saturated carbocycles. The molecule has 2 heteroatoms. The van der Waals surface area contributed by atoms with Crippen molar-refractivity contribution in [3.05, 3.63) is 0 Å². The van der Waals surface area contributed by atoms with Crippen molar-refractivity contribution >= 4 is 0 Å². The number of nitrogens with zero attached hydrogens (tertiary/aromatic N) is 2. The Kier molecular flexibility index (Phi) is 9.79. The number of unbranched alkanes of at least 4 members (excludes halogenated alkanes) is 3. The molecule has 0 aromatic carbocycles. The van der Waals surface area contributed by atoms with E-state index < -0.39 is 0 Å². The van der Waals surface area contributed by atoms with Crippen molar-refractivity contribution in [2.75, 3.05) is 39.3 Å². The van der Waals surface area contributed by atoms with E-state index in [4.69, 9.17) is 0 Å². The van der Waals surface area contributed by atoms with Gasteiger partial charge in [0.1, 0.15) is 0 Å². The molecular formula is C19H36N2. The van der Waals surface area contributed by atoms with Gasteiger partial charge in [-0.2, -0.15) is 0 Å². The van der Waals surface area contributed by atoms with Gasteiger partial charge >= 0.3 is 0 Å². The van der Waals surface area contributed by atoms with Gasteiger partial charge in [0.2, 0.25) is 0 Å². The van der Waals surface area contributed by atoms with E-state index in [9.17, 15) is 0 Å². The van der Waals surface area contributed by atoms with Crippen LogP contribution in [0.3, 0.4) is 0 Å². The zero-order valence-corrected chi connectivity index (χ0v) is 14.8. The Hall–Kier alpha value is -0.520. The quantitative estimate of drug-likeness (QED) is 0.495. The lowest BCUT2D eigenvalue weighted by Gasteiger charge is -2.33. The van der Waals surface area contributed by atoms with Crippen LogP contribution in [0, 0.1) is 23.7 Å². The van der Waals surface area contributed by atoms with Crippen molar-refractivity contribution in [1.82, 2.24) is 9.80 Å². The fourth-order valence-electron chi connectivity index (χ4n) is 2.77. The van der Waals surface area contributed by atoms with Crippen molar-refractivity contribution in [2.45, 2.75) is 59.8 Å². The molecule has 1 fully saturated rings. The predicted molar refractivity (Wildman–Crippen MR) is 93.4 cm³/mol. The van der Waals surface area contributed by atoms with Crippen LogP contribution < -0.4 is 0 Å². The van der Waals surface area contributed by atoms with E-state index in [1.807, 2.05) is 0 Å². The first-order valence-electron chi connectivity index (χ1n) is 9.01. The third-order valence-electron chi connectivity index (χ3n) is 4.16.